The second kappa shape index (κ2) is 7.88. The predicted molar refractivity (Wildman–Crippen MR) is 100 cm³/mol. The third-order valence-electron chi connectivity index (χ3n) is 4.62. The van der Waals surface area contributed by atoms with Gasteiger partial charge in [0.25, 0.3) is 0 Å². The summed E-state index contributed by atoms with van der Waals surface area (Å²) < 4.78 is 1.29. The molecule has 0 aliphatic carbocycles. The molecule has 138 valence electrons. The van der Waals surface area contributed by atoms with E-state index in [4.69, 9.17) is 11.6 Å². The Morgan fingerprint density at radius 3 is 2.54 bits per heavy atom. The lowest BCUT2D eigenvalue weighted by Gasteiger charge is -2.34. The maximum atomic E-state index is 12.6. The highest BCUT2D eigenvalue weighted by atomic mass is 35.5. The average Bonchev–Trinajstić information content (AvgIpc) is 3.13. The van der Waals surface area contributed by atoms with Crippen molar-refractivity contribution in [3.05, 3.63) is 47.2 Å². The van der Waals surface area contributed by atoms with Crippen LogP contribution in [0.1, 0.15) is 12.5 Å². The minimum Gasteiger partial charge on any atom is -0.320 e. The zero-order chi connectivity index (χ0) is 18.7. The number of hydrogen-bond donors (Lipinski definition) is 0. The first-order chi connectivity index (χ1) is 12.5. The molecule has 1 aromatic carbocycles. The SMILES string of the molecule is CC(=O)N(C)c1cnn(C(=O)N2CCN(Cc3ccccc3Cl)CC2)c1. The van der Waals surface area contributed by atoms with Crippen LogP contribution in [0.5, 0.6) is 0 Å². The summed E-state index contributed by atoms with van der Waals surface area (Å²) in [5.41, 5.74) is 1.70. The van der Waals surface area contributed by atoms with Crippen LogP contribution in [0.25, 0.3) is 0 Å². The molecule has 2 heterocycles. The Kier molecular flexibility index (Phi) is 5.58. The normalized spacial score (nSPS) is 15.1. The number of aromatic nitrogens is 2. The Labute approximate surface area is 157 Å². The second-order valence-electron chi connectivity index (χ2n) is 6.36. The van der Waals surface area contributed by atoms with Gasteiger partial charge in [-0.1, -0.05) is 29.8 Å². The van der Waals surface area contributed by atoms with Crippen LogP contribution >= 0.6 is 11.6 Å². The van der Waals surface area contributed by atoms with Crippen molar-refractivity contribution in [1.29, 1.82) is 0 Å². The third kappa shape index (κ3) is 4.05. The molecule has 0 N–H and O–H groups in total. The molecular weight excluding hydrogens is 354 g/mol. The van der Waals surface area contributed by atoms with Gasteiger partial charge in [-0.25, -0.2) is 4.79 Å². The van der Waals surface area contributed by atoms with Gasteiger partial charge in [-0.05, 0) is 11.6 Å². The summed E-state index contributed by atoms with van der Waals surface area (Å²) in [7, 11) is 1.65. The minimum atomic E-state index is -0.175. The molecule has 3 rings (SSSR count). The van der Waals surface area contributed by atoms with Crippen molar-refractivity contribution in [2.75, 3.05) is 38.1 Å². The monoisotopic (exact) mass is 375 g/mol. The number of rotatable bonds is 3. The van der Waals surface area contributed by atoms with E-state index in [0.29, 0.717) is 18.8 Å². The topological polar surface area (TPSA) is 61.7 Å². The summed E-state index contributed by atoms with van der Waals surface area (Å²) in [5.74, 6) is -0.106. The maximum Gasteiger partial charge on any atom is 0.344 e. The van der Waals surface area contributed by atoms with Gasteiger partial charge in [-0.15, -0.1) is 0 Å². The van der Waals surface area contributed by atoms with Crippen molar-refractivity contribution in [1.82, 2.24) is 19.6 Å². The summed E-state index contributed by atoms with van der Waals surface area (Å²) in [5, 5.41) is 4.86. The van der Waals surface area contributed by atoms with Crippen LogP contribution < -0.4 is 4.90 Å². The summed E-state index contributed by atoms with van der Waals surface area (Å²) in [6, 6.07) is 7.64. The van der Waals surface area contributed by atoms with Crippen LogP contribution in [-0.4, -0.2) is 64.7 Å². The molecule has 1 aromatic heterocycles. The fourth-order valence-electron chi connectivity index (χ4n) is 2.88. The Hall–Kier alpha value is -2.38. The number of amides is 2. The first kappa shape index (κ1) is 18.4. The van der Waals surface area contributed by atoms with Crippen LogP contribution in [0, 0.1) is 0 Å². The minimum absolute atomic E-state index is 0.106. The predicted octanol–water partition coefficient (Wildman–Crippen LogP) is 2.31. The summed E-state index contributed by atoms with van der Waals surface area (Å²) in [6.45, 7) is 5.05. The van der Waals surface area contributed by atoms with Crippen LogP contribution in [-0.2, 0) is 11.3 Å². The zero-order valence-electron chi connectivity index (χ0n) is 14.9. The van der Waals surface area contributed by atoms with Gasteiger partial charge in [-0.3, -0.25) is 9.69 Å². The van der Waals surface area contributed by atoms with Gasteiger partial charge in [0, 0.05) is 51.7 Å². The fourth-order valence-corrected chi connectivity index (χ4v) is 3.08. The van der Waals surface area contributed by atoms with Crippen molar-refractivity contribution in [3.8, 4) is 0 Å². The molecule has 0 radical (unpaired) electrons. The Balaban J connectivity index is 1.57. The van der Waals surface area contributed by atoms with Gasteiger partial charge in [0.2, 0.25) is 5.91 Å². The molecule has 1 aliphatic rings. The number of halogens is 1. The van der Waals surface area contributed by atoms with Gasteiger partial charge in [0.05, 0.1) is 18.1 Å². The zero-order valence-corrected chi connectivity index (χ0v) is 15.7. The maximum absolute atomic E-state index is 12.6. The van der Waals surface area contributed by atoms with Crippen LogP contribution in [0.3, 0.4) is 0 Å². The molecule has 26 heavy (non-hydrogen) atoms. The number of carbonyl (C=O) groups is 2. The lowest BCUT2D eigenvalue weighted by atomic mass is 10.2. The van der Waals surface area contributed by atoms with Crippen molar-refractivity contribution in [2.24, 2.45) is 0 Å². The molecule has 1 fully saturated rings. The fraction of sp³-hybridized carbons (Fsp3) is 0.389. The molecule has 7 nitrogen and oxygen atoms in total. The number of nitrogens with zero attached hydrogens (tertiary/aromatic N) is 5. The Morgan fingerprint density at radius 1 is 1.19 bits per heavy atom. The van der Waals surface area contributed by atoms with E-state index in [1.807, 2.05) is 24.3 Å². The van der Waals surface area contributed by atoms with Crippen molar-refractivity contribution in [2.45, 2.75) is 13.5 Å². The molecule has 2 amide bonds. The second-order valence-corrected chi connectivity index (χ2v) is 6.77. The van der Waals surface area contributed by atoms with Gasteiger partial charge in [-0.2, -0.15) is 9.78 Å². The molecule has 0 bridgehead atoms. The molecule has 8 heteroatoms. The Morgan fingerprint density at radius 2 is 1.88 bits per heavy atom. The molecule has 2 aromatic rings. The van der Waals surface area contributed by atoms with Crippen LogP contribution in [0.2, 0.25) is 5.02 Å². The van der Waals surface area contributed by atoms with E-state index in [1.54, 1.807) is 18.1 Å². The summed E-state index contributed by atoms with van der Waals surface area (Å²) >= 11 is 6.22. The van der Waals surface area contributed by atoms with Crippen LogP contribution in [0.15, 0.2) is 36.7 Å². The smallest absolute Gasteiger partial charge is 0.320 e. The van der Waals surface area contributed by atoms with E-state index in [0.717, 1.165) is 30.2 Å². The van der Waals surface area contributed by atoms with Crippen LogP contribution in [0.4, 0.5) is 10.5 Å². The van der Waals surface area contributed by atoms with E-state index >= 15 is 0 Å². The van der Waals surface area contributed by atoms with E-state index in [1.165, 1.54) is 22.7 Å². The highest BCUT2D eigenvalue weighted by molar-refractivity contribution is 6.31. The molecule has 0 unspecified atom stereocenters. The number of carbonyl (C=O) groups excluding carboxylic acids is 2. The van der Waals surface area contributed by atoms with Crippen molar-refractivity contribution in [3.63, 3.8) is 0 Å². The molecular formula is C18H22ClN5O2. The summed E-state index contributed by atoms with van der Waals surface area (Å²) in [4.78, 5) is 29.5. The standard InChI is InChI=1S/C18H22ClN5O2/c1-14(25)21(2)16-11-20-24(13-16)18(26)23-9-7-22(8-10-23)12-15-5-3-4-6-17(15)19/h3-6,11,13H,7-10,12H2,1-2H3. The summed E-state index contributed by atoms with van der Waals surface area (Å²) in [6.07, 6.45) is 3.10. The first-order valence-electron chi connectivity index (χ1n) is 8.49. The average molecular weight is 376 g/mol. The molecule has 0 saturated carbocycles. The number of hydrogen-bond acceptors (Lipinski definition) is 4. The van der Waals surface area contributed by atoms with Gasteiger partial charge < -0.3 is 9.80 Å². The van der Waals surface area contributed by atoms with E-state index < -0.39 is 0 Å². The van der Waals surface area contributed by atoms with Crippen molar-refractivity contribution < 1.29 is 9.59 Å². The molecule has 1 saturated heterocycles. The number of piperazine rings is 1. The van der Waals surface area contributed by atoms with Crippen molar-refractivity contribution >= 4 is 29.2 Å². The first-order valence-corrected chi connectivity index (χ1v) is 8.87. The molecule has 0 spiro atoms. The third-order valence-corrected chi connectivity index (χ3v) is 4.99. The highest BCUT2D eigenvalue weighted by Crippen LogP contribution is 2.18. The largest absolute Gasteiger partial charge is 0.344 e. The molecule has 1 aliphatic heterocycles. The van der Waals surface area contributed by atoms with Gasteiger partial charge in [0.15, 0.2) is 0 Å². The lowest BCUT2D eigenvalue weighted by Crippen LogP contribution is -2.49. The van der Waals surface area contributed by atoms with E-state index in [2.05, 4.69) is 10.00 Å². The highest BCUT2D eigenvalue weighted by Gasteiger charge is 2.23. The quantitative estimate of drug-likeness (QED) is 0.825. The lowest BCUT2D eigenvalue weighted by molar-refractivity contribution is -0.116. The van der Waals surface area contributed by atoms with E-state index in [-0.39, 0.29) is 11.9 Å². The van der Waals surface area contributed by atoms with Gasteiger partial charge >= 0.3 is 6.03 Å². The van der Waals surface area contributed by atoms with Gasteiger partial charge in [0.1, 0.15) is 0 Å². The number of anilines is 1. The Bertz CT molecular complexity index is 798. The molecule has 0 atom stereocenters. The van der Waals surface area contributed by atoms with E-state index in [9.17, 15) is 9.59 Å². The number of benzene rings is 1.